The van der Waals surface area contributed by atoms with Gasteiger partial charge in [-0.25, -0.2) is 4.98 Å². The van der Waals surface area contributed by atoms with Gasteiger partial charge in [-0.2, -0.15) is 0 Å². The minimum absolute atomic E-state index is 0.0765. The van der Waals surface area contributed by atoms with Crippen molar-refractivity contribution in [1.82, 2.24) is 9.55 Å². The molecule has 1 amide bonds. The van der Waals surface area contributed by atoms with Gasteiger partial charge in [0.15, 0.2) is 5.16 Å². The van der Waals surface area contributed by atoms with Crippen molar-refractivity contribution in [3.63, 3.8) is 0 Å². The van der Waals surface area contributed by atoms with Crippen molar-refractivity contribution in [2.45, 2.75) is 18.6 Å². The summed E-state index contributed by atoms with van der Waals surface area (Å²) in [5.74, 6) is -0.0466. The number of amides is 1. The Hall–Kier alpha value is -2.61. The number of thioether (sulfide) groups is 1. The van der Waals surface area contributed by atoms with Gasteiger partial charge in [-0.05, 0) is 36.8 Å². The topological polar surface area (TPSA) is 64.0 Å². The lowest BCUT2D eigenvalue weighted by atomic mass is 10.2. The summed E-state index contributed by atoms with van der Waals surface area (Å²) in [6.45, 7) is 2.38. The summed E-state index contributed by atoms with van der Waals surface area (Å²) >= 11 is 8.65. The first-order valence-corrected chi connectivity index (χ1v) is 11.5. The van der Waals surface area contributed by atoms with Crippen LogP contribution in [0.2, 0.25) is 5.02 Å². The van der Waals surface area contributed by atoms with Crippen LogP contribution >= 0.6 is 34.7 Å². The lowest BCUT2D eigenvalue weighted by Crippen LogP contribution is -2.22. The molecule has 5 nitrogen and oxygen atoms in total. The smallest absolute Gasteiger partial charge is 0.272 e. The molecule has 152 valence electrons. The Balaban J connectivity index is 1.59. The third-order valence-corrected chi connectivity index (χ3v) is 6.79. The average molecular weight is 456 g/mol. The lowest BCUT2D eigenvalue weighted by molar-refractivity contribution is -0.113. The molecule has 0 fully saturated rings. The number of anilines is 1. The molecule has 0 saturated carbocycles. The monoisotopic (exact) mass is 455 g/mol. The fraction of sp³-hybridized carbons (Fsp3) is 0.136. The maximum atomic E-state index is 13.0. The summed E-state index contributed by atoms with van der Waals surface area (Å²) in [4.78, 5) is 31.0. The highest BCUT2D eigenvalue weighted by Gasteiger charge is 2.16. The molecule has 2 aromatic heterocycles. The van der Waals surface area contributed by atoms with Crippen LogP contribution in [-0.4, -0.2) is 21.2 Å². The van der Waals surface area contributed by atoms with Gasteiger partial charge in [0.05, 0.1) is 11.3 Å². The molecular weight excluding hydrogens is 438 g/mol. The van der Waals surface area contributed by atoms with Crippen LogP contribution in [0.3, 0.4) is 0 Å². The Labute approximate surface area is 186 Å². The van der Waals surface area contributed by atoms with E-state index in [1.165, 1.54) is 23.1 Å². The van der Waals surface area contributed by atoms with E-state index in [-0.39, 0.29) is 17.2 Å². The number of fused-ring (bicyclic) bond motifs is 1. The van der Waals surface area contributed by atoms with E-state index < -0.39 is 0 Å². The van der Waals surface area contributed by atoms with Crippen LogP contribution in [0.5, 0.6) is 0 Å². The first kappa shape index (κ1) is 20.7. The van der Waals surface area contributed by atoms with Crippen LogP contribution in [0.4, 0.5) is 5.69 Å². The molecule has 1 N–H and O–H groups in total. The number of carbonyl (C=O) groups is 1. The summed E-state index contributed by atoms with van der Waals surface area (Å²) < 4.78 is 2.24. The number of nitrogens with one attached hydrogen (secondary N) is 1. The van der Waals surface area contributed by atoms with E-state index in [1.807, 2.05) is 43.3 Å². The van der Waals surface area contributed by atoms with Crippen LogP contribution < -0.4 is 10.9 Å². The number of benzene rings is 2. The van der Waals surface area contributed by atoms with Crippen LogP contribution in [0.15, 0.2) is 70.6 Å². The first-order valence-electron chi connectivity index (χ1n) is 9.33. The van der Waals surface area contributed by atoms with Crippen molar-refractivity contribution in [2.75, 3.05) is 11.1 Å². The Morgan fingerprint density at radius 1 is 1.17 bits per heavy atom. The van der Waals surface area contributed by atoms with Crippen molar-refractivity contribution in [3.8, 4) is 10.4 Å². The van der Waals surface area contributed by atoms with Crippen molar-refractivity contribution >= 4 is 56.5 Å². The molecule has 0 saturated heterocycles. The largest absolute Gasteiger partial charge is 0.325 e. The Morgan fingerprint density at radius 2 is 1.97 bits per heavy atom. The highest BCUT2D eigenvalue weighted by molar-refractivity contribution is 7.99. The van der Waals surface area contributed by atoms with E-state index in [0.29, 0.717) is 32.6 Å². The van der Waals surface area contributed by atoms with Crippen molar-refractivity contribution in [1.29, 1.82) is 0 Å². The first-order chi connectivity index (χ1) is 14.5. The maximum Gasteiger partial charge on any atom is 0.272 e. The fourth-order valence-electron chi connectivity index (χ4n) is 3.02. The molecule has 4 aromatic rings. The van der Waals surface area contributed by atoms with Crippen LogP contribution in [-0.2, 0) is 11.3 Å². The predicted molar refractivity (Wildman–Crippen MR) is 126 cm³/mol. The molecule has 0 aliphatic rings. The summed E-state index contributed by atoms with van der Waals surface area (Å²) in [5, 5.41) is 3.90. The minimum Gasteiger partial charge on any atom is -0.325 e. The van der Waals surface area contributed by atoms with Gasteiger partial charge in [-0.15, -0.1) is 11.3 Å². The zero-order valence-corrected chi connectivity index (χ0v) is 18.5. The molecule has 0 atom stereocenters. The lowest BCUT2D eigenvalue weighted by Gasteiger charge is -2.10. The molecule has 0 spiro atoms. The van der Waals surface area contributed by atoms with E-state index >= 15 is 0 Å². The fourth-order valence-corrected chi connectivity index (χ4v) is 5.12. The molecule has 8 heteroatoms. The number of hydrogen-bond acceptors (Lipinski definition) is 5. The quantitative estimate of drug-likeness (QED) is 0.306. The van der Waals surface area contributed by atoms with Crippen LogP contribution in [0.1, 0.15) is 6.92 Å². The third-order valence-electron chi connectivity index (χ3n) is 4.41. The zero-order chi connectivity index (χ0) is 21.1. The number of nitrogens with zero attached hydrogens (tertiary/aromatic N) is 2. The van der Waals surface area contributed by atoms with Crippen molar-refractivity contribution in [2.24, 2.45) is 0 Å². The summed E-state index contributed by atoms with van der Waals surface area (Å²) in [7, 11) is 0. The Morgan fingerprint density at radius 3 is 2.70 bits per heavy atom. The van der Waals surface area contributed by atoms with E-state index in [9.17, 15) is 9.59 Å². The Kier molecular flexibility index (Phi) is 6.22. The van der Waals surface area contributed by atoms with Gasteiger partial charge in [0, 0.05) is 22.1 Å². The summed E-state index contributed by atoms with van der Waals surface area (Å²) in [6, 6.07) is 18.8. The molecule has 0 bridgehead atoms. The molecule has 2 aromatic carbocycles. The maximum absolute atomic E-state index is 13.0. The normalized spacial score (nSPS) is 11.0. The van der Waals surface area contributed by atoms with Gasteiger partial charge in [0.1, 0.15) is 4.70 Å². The highest BCUT2D eigenvalue weighted by Crippen LogP contribution is 2.32. The second kappa shape index (κ2) is 9.04. The average Bonchev–Trinajstić information content (AvgIpc) is 3.18. The van der Waals surface area contributed by atoms with E-state index in [1.54, 1.807) is 28.8 Å². The molecular formula is C22H18ClN3O2S2. The number of aromatic nitrogens is 2. The number of rotatable bonds is 6. The van der Waals surface area contributed by atoms with Crippen molar-refractivity contribution < 1.29 is 4.79 Å². The molecule has 4 rings (SSSR count). The molecule has 0 unspecified atom stereocenters. The van der Waals surface area contributed by atoms with Crippen LogP contribution in [0, 0.1) is 0 Å². The number of carbonyl (C=O) groups excluding carboxylic acids is 1. The molecule has 0 aliphatic heterocycles. The standard InChI is InChI=1S/C22H18ClN3O2S2/c1-2-26-21(28)20-17(12-18(30-20)14-7-4-3-5-8-14)25-22(26)29-13-19(27)24-16-10-6-9-15(23)11-16/h3-12H,2,13H2,1H3,(H,24,27). The second-order valence-corrected chi connectivity index (χ2v) is 8.91. The molecule has 30 heavy (non-hydrogen) atoms. The molecule has 0 radical (unpaired) electrons. The van der Waals surface area contributed by atoms with Crippen molar-refractivity contribution in [3.05, 3.63) is 76.0 Å². The zero-order valence-electron chi connectivity index (χ0n) is 16.1. The van der Waals surface area contributed by atoms with Gasteiger partial charge in [0.2, 0.25) is 5.91 Å². The Bertz CT molecular complexity index is 1270. The van der Waals surface area contributed by atoms with E-state index in [4.69, 9.17) is 11.6 Å². The number of hydrogen-bond donors (Lipinski definition) is 1. The molecule has 0 aliphatic carbocycles. The van der Waals surface area contributed by atoms with Gasteiger partial charge in [0.25, 0.3) is 5.56 Å². The van der Waals surface area contributed by atoms with Gasteiger partial charge >= 0.3 is 0 Å². The predicted octanol–water partition coefficient (Wildman–Crippen LogP) is 5.53. The van der Waals surface area contributed by atoms with Gasteiger partial charge in [-0.1, -0.05) is 59.8 Å². The van der Waals surface area contributed by atoms with Gasteiger partial charge in [-0.3, -0.25) is 14.2 Å². The third kappa shape index (κ3) is 4.43. The van der Waals surface area contributed by atoms with Crippen LogP contribution in [0.25, 0.3) is 20.7 Å². The summed E-state index contributed by atoms with van der Waals surface area (Å²) in [6.07, 6.45) is 0. The SMILES string of the molecule is CCn1c(SCC(=O)Nc2cccc(Cl)c2)nc2cc(-c3ccccc3)sc2c1=O. The highest BCUT2D eigenvalue weighted by atomic mass is 35.5. The number of thiophene rings is 1. The van der Waals surface area contributed by atoms with Gasteiger partial charge < -0.3 is 5.32 Å². The van der Waals surface area contributed by atoms with E-state index in [2.05, 4.69) is 10.3 Å². The molecule has 2 heterocycles. The second-order valence-electron chi connectivity index (χ2n) is 6.48. The summed E-state index contributed by atoms with van der Waals surface area (Å²) in [5.41, 5.74) is 2.27. The van der Waals surface area contributed by atoms with E-state index in [0.717, 1.165) is 10.4 Å². The minimum atomic E-state index is -0.186. The number of halogens is 1.